The number of aliphatic hydroxyl groups is 1. The summed E-state index contributed by atoms with van der Waals surface area (Å²) in [5.74, 6) is 0. The molecule has 1 aromatic carbocycles. The molecule has 1 rings (SSSR count). The van der Waals surface area contributed by atoms with E-state index in [1.807, 2.05) is 32.0 Å². The molecule has 1 aromatic rings. The summed E-state index contributed by atoms with van der Waals surface area (Å²) in [7, 11) is 0. The first-order chi connectivity index (χ1) is 7.06. The zero-order valence-corrected chi connectivity index (χ0v) is 12.0. The summed E-state index contributed by atoms with van der Waals surface area (Å²) in [6.45, 7) is 4.07. The van der Waals surface area contributed by atoms with E-state index in [0.717, 1.165) is 22.9 Å². The molecule has 0 unspecified atom stereocenters. The van der Waals surface area contributed by atoms with Crippen LogP contribution in [0.2, 0.25) is 0 Å². The first kappa shape index (κ1) is 15.9. The summed E-state index contributed by atoms with van der Waals surface area (Å²) in [5, 5.41) is 9.82. The number of nitrogens with two attached hydrogens (primary N) is 1. The van der Waals surface area contributed by atoms with Crippen LogP contribution in [0, 0.1) is 6.92 Å². The summed E-state index contributed by atoms with van der Waals surface area (Å²) in [5.41, 5.74) is 8.15. The Morgan fingerprint density at radius 3 is 2.56 bits per heavy atom. The van der Waals surface area contributed by atoms with Gasteiger partial charge in [0, 0.05) is 4.47 Å². The van der Waals surface area contributed by atoms with Crippen LogP contribution in [0.5, 0.6) is 0 Å². The highest BCUT2D eigenvalue weighted by Crippen LogP contribution is 2.26. The van der Waals surface area contributed by atoms with E-state index >= 15 is 0 Å². The van der Waals surface area contributed by atoms with E-state index in [4.69, 9.17) is 5.73 Å². The number of hydrogen-bond donors (Lipinski definition) is 2. The predicted molar refractivity (Wildman–Crippen MR) is 74.0 cm³/mol. The van der Waals surface area contributed by atoms with E-state index in [-0.39, 0.29) is 18.4 Å². The molecule has 0 aliphatic heterocycles. The lowest BCUT2D eigenvalue weighted by molar-refractivity contribution is 0.134. The third kappa shape index (κ3) is 4.06. The zero-order chi connectivity index (χ0) is 11.4. The molecule has 0 heterocycles. The van der Waals surface area contributed by atoms with E-state index in [9.17, 15) is 5.11 Å². The summed E-state index contributed by atoms with van der Waals surface area (Å²) in [4.78, 5) is 0. The molecule has 0 saturated heterocycles. The molecule has 2 atom stereocenters. The van der Waals surface area contributed by atoms with E-state index in [1.165, 1.54) is 5.56 Å². The van der Waals surface area contributed by atoms with Crippen molar-refractivity contribution in [3.63, 3.8) is 0 Å². The van der Waals surface area contributed by atoms with Gasteiger partial charge in [-0.05, 0) is 30.5 Å². The molecular weight excluding hydrogens is 289 g/mol. The van der Waals surface area contributed by atoms with Crippen molar-refractivity contribution in [2.75, 3.05) is 0 Å². The maximum Gasteiger partial charge on any atom is 0.0733 e. The van der Waals surface area contributed by atoms with Crippen LogP contribution in [0.4, 0.5) is 0 Å². The Kier molecular flexibility index (Phi) is 7.24. The summed E-state index contributed by atoms with van der Waals surface area (Å²) in [6, 6.07) is 5.70. The molecule has 0 amide bonds. The maximum absolute atomic E-state index is 9.82. The standard InChI is InChI=1S/C12H18BrNO.ClH/c1-3-4-11(15)12(14)9-6-5-8(2)7-10(9)13;/h5-7,11-12,15H,3-4,14H2,1-2H3;1H/t11-,12+;/m1./s1. The highest BCUT2D eigenvalue weighted by molar-refractivity contribution is 9.10. The van der Waals surface area contributed by atoms with Gasteiger partial charge in [0.2, 0.25) is 0 Å². The molecule has 0 aliphatic carbocycles. The van der Waals surface area contributed by atoms with Gasteiger partial charge in [-0.1, -0.05) is 41.4 Å². The van der Waals surface area contributed by atoms with Crippen LogP contribution in [-0.2, 0) is 0 Å². The zero-order valence-electron chi connectivity index (χ0n) is 9.61. The predicted octanol–water partition coefficient (Wildman–Crippen LogP) is 3.34. The highest BCUT2D eigenvalue weighted by Gasteiger charge is 2.17. The van der Waals surface area contributed by atoms with Crippen molar-refractivity contribution in [3.05, 3.63) is 33.8 Å². The van der Waals surface area contributed by atoms with Crippen LogP contribution in [0.15, 0.2) is 22.7 Å². The third-order valence-corrected chi connectivity index (χ3v) is 3.20. The molecule has 4 heteroatoms. The van der Waals surface area contributed by atoms with Gasteiger partial charge in [0.05, 0.1) is 12.1 Å². The van der Waals surface area contributed by atoms with Gasteiger partial charge in [-0.15, -0.1) is 12.4 Å². The normalized spacial score (nSPS) is 14.1. The molecule has 0 fully saturated rings. The van der Waals surface area contributed by atoms with Gasteiger partial charge >= 0.3 is 0 Å². The Balaban J connectivity index is 0.00000225. The SMILES string of the molecule is CCC[C@@H](O)[C@@H](N)c1ccc(C)cc1Br.Cl. The number of aryl methyl sites for hydroxylation is 1. The summed E-state index contributed by atoms with van der Waals surface area (Å²) < 4.78 is 0.977. The second-order valence-corrected chi connectivity index (χ2v) is 4.76. The summed E-state index contributed by atoms with van der Waals surface area (Å²) in [6.07, 6.45) is 1.22. The Morgan fingerprint density at radius 2 is 2.06 bits per heavy atom. The largest absolute Gasteiger partial charge is 0.391 e. The lowest BCUT2D eigenvalue weighted by atomic mass is 9.98. The van der Waals surface area contributed by atoms with Crippen LogP contribution >= 0.6 is 28.3 Å². The average molecular weight is 309 g/mol. The van der Waals surface area contributed by atoms with Crippen molar-refractivity contribution in [3.8, 4) is 0 Å². The smallest absolute Gasteiger partial charge is 0.0733 e. The van der Waals surface area contributed by atoms with Gasteiger partial charge in [-0.25, -0.2) is 0 Å². The Morgan fingerprint density at radius 1 is 1.44 bits per heavy atom. The quantitative estimate of drug-likeness (QED) is 0.896. The molecule has 0 spiro atoms. The minimum absolute atomic E-state index is 0. The third-order valence-electron chi connectivity index (χ3n) is 2.51. The molecule has 0 aliphatic rings. The van der Waals surface area contributed by atoms with Gasteiger partial charge in [0.1, 0.15) is 0 Å². The fourth-order valence-corrected chi connectivity index (χ4v) is 2.34. The molecule has 92 valence electrons. The minimum Gasteiger partial charge on any atom is -0.391 e. The van der Waals surface area contributed by atoms with E-state index in [2.05, 4.69) is 15.9 Å². The van der Waals surface area contributed by atoms with Crippen molar-refractivity contribution in [2.45, 2.75) is 38.8 Å². The second-order valence-electron chi connectivity index (χ2n) is 3.91. The van der Waals surface area contributed by atoms with Crippen molar-refractivity contribution >= 4 is 28.3 Å². The highest BCUT2D eigenvalue weighted by atomic mass is 79.9. The van der Waals surface area contributed by atoms with Crippen LogP contribution < -0.4 is 5.73 Å². The van der Waals surface area contributed by atoms with Gasteiger partial charge in [0.15, 0.2) is 0 Å². The monoisotopic (exact) mass is 307 g/mol. The fraction of sp³-hybridized carbons (Fsp3) is 0.500. The molecule has 16 heavy (non-hydrogen) atoms. The molecule has 0 bridgehead atoms. The number of aliphatic hydroxyl groups excluding tert-OH is 1. The van der Waals surface area contributed by atoms with Gasteiger partial charge in [-0.3, -0.25) is 0 Å². The van der Waals surface area contributed by atoms with E-state index in [0.29, 0.717) is 0 Å². The first-order valence-electron chi connectivity index (χ1n) is 5.26. The van der Waals surface area contributed by atoms with Crippen LogP contribution in [0.25, 0.3) is 0 Å². The number of benzene rings is 1. The lowest BCUT2D eigenvalue weighted by Gasteiger charge is -2.20. The Hall–Kier alpha value is -0.0900. The number of halogens is 2. The van der Waals surface area contributed by atoms with Crippen LogP contribution in [0.1, 0.15) is 36.9 Å². The minimum atomic E-state index is -0.464. The molecule has 0 saturated carbocycles. The first-order valence-corrected chi connectivity index (χ1v) is 6.05. The average Bonchev–Trinajstić information content (AvgIpc) is 2.17. The molecule has 0 aromatic heterocycles. The topological polar surface area (TPSA) is 46.2 Å². The van der Waals surface area contributed by atoms with Gasteiger partial charge in [-0.2, -0.15) is 0 Å². The molecule has 0 radical (unpaired) electrons. The molecule has 2 nitrogen and oxygen atoms in total. The van der Waals surface area contributed by atoms with E-state index < -0.39 is 6.10 Å². The lowest BCUT2D eigenvalue weighted by Crippen LogP contribution is -2.26. The van der Waals surface area contributed by atoms with Gasteiger partial charge < -0.3 is 10.8 Å². The fourth-order valence-electron chi connectivity index (χ4n) is 1.59. The van der Waals surface area contributed by atoms with Crippen molar-refractivity contribution in [1.82, 2.24) is 0 Å². The maximum atomic E-state index is 9.82. The second kappa shape index (κ2) is 7.28. The Bertz CT molecular complexity index is 333. The molecular formula is C12H19BrClNO. The van der Waals surface area contributed by atoms with Crippen molar-refractivity contribution in [1.29, 1.82) is 0 Å². The van der Waals surface area contributed by atoms with Crippen molar-refractivity contribution in [2.24, 2.45) is 5.73 Å². The summed E-state index contributed by atoms with van der Waals surface area (Å²) >= 11 is 3.48. The van der Waals surface area contributed by atoms with Gasteiger partial charge in [0.25, 0.3) is 0 Å². The number of hydrogen-bond acceptors (Lipinski definition) is 2. The molecule has 3 N–H and O–H groups in total. The van der Waals surface area contributed by atoms with E-state index in [1.54, 1.807) is 0 Å². The van der Waals surface area contributed by atoms with Crippen molar-refractivity contribution < 1.29 is 5.11 Å². The van der Waals surface area contributed by atoms with Crippen LogP contribution in [-0.4, -0.2) is 11.2 Å². The number of rotatable bonds is 4. The van der Waals surface area contributed by atoms with Crippen LogP contribution in [0.3, 0.4) is 0 Å². The Labute approximate surface area is 112 Å².